The third-order valence-electron chi connectivity index (χ3n) is 3.66. The Morgan fingerprint density at radius 1 is 1.26 bits per heavy atom. The van der Waals surface area contributed by atoms with Gasteiger partial charge in [0.25, 0.3) is 5.60 Å². The van der Waals surface area contributed by atoms with E-state index in [1.165, 1.54) is 6.92 Å². The number of rotatable bonds is 7. The van der Waals surface area contributed by atoms with Gasteiger partial charge in [0.05, 0.1) is 18.4 Å². The van der Waals surface area contributed by atoms with Crippen LogP contribution >= 0.6 is 0 Å². The maximum Gasteiger partial charge on any atom is 0.408 e. The lowest BCUT2D eigenvalue weighted by molar-refractivity contribution is -0.179. The first-order valence-electron chi connectivity index (χ1n) is 8.95. The molecule has 154 valence electrons. The van der Waals surface area contributed by atoms with Gasteiger partial charge in [0.2, 0.25) is 0 Å². The van der Waals surface area contributed by atoms with Crippen LogP contribution in [0.25, 0.3) is 0 Å². The summed E-state index contributed by atoms with van der Waals surface area (Å²) < 4.78 is 15.3. The van der Waals surface area contributed by atoms with E-state index in [1.54, 1.807) is 27.7 Å². The molecule has 0 bridgehead atoms. The topological polar surface area (TPSA) is 113 Å². The molecule has 0 radical (unpaired) electrons. The summed E-state index contributed by atoms with van der Waals surface area (Å²) in [6.07, 6.45) is -0.574. The molecule has 0 spiro atoms. The molecule has 0 aromatic rings. The van der Waals surface area contributed by atoms with Crippen molar-refractivity contribution in [1.82, 2.24) is 5.32 Å². The summed E-state index contributed by atoms with van der Waals surface area (Å²) in [4.78, 5) is 41.1. The minimum atomic E-state index is -1.56. The van der Waals surface area contributed by atoms with Gasteiger partial charge in [0.15, 0.2) is 0 Å². The number of carbonyl (C=O) groups is 3. The maximum absolute atomic E-state index is 12.4. The second kappa shape index (κ2) is 9.05. The first-order valence-corrected chi connectivity index (χ1v) is 8.95. The average molecular weight is 386 g/mol. The van der Waals surface area contributed by atoms with Crippen molar-refractivity contribution in [2.24, 2.45) is 11.1 Å². The zero-order valence-corrected chi connectivity index (χ0v) is 17.1. The molecule has 0 aromatic heterocycles. The summed E-state index contributed by atoms with van der Waals surface area (Å²) in [5, 5.41) is 6.75. The van der Waals surface area contributed by atoms with E-state index in [0.29, 0.717) is 5.71 Å². The normalized spacial score (nSPS) is 20.4. The number of nitrogens with zero attached hydrogens (tertiary/aromatic N) is 1. The largest absolute Gasteiger partial charge is 0.463 e. The van der Waals surface area contributed by atoms with Crippen molar-refractivity contribution in [3.8, 4) is 0 Å². The number of oxime groups is 1. The van der Waals surface area contributed by atoms with Crippen molar-refractivity contribution < 1.29 is 33.4 Å². The van der Waals surface area contributed by atoms with Gasteiger partial charge < -0.3 is 24.4 Å². The van der Waals surface area contributed by atoms with E-state index < -0.39 is 35.3 Å². The average Bonchev–Trinajstić information content (AvgIpc) is 2.94. The molecule has 1 aliphatic heterocycles. The molecule has 1 N–H and O–H groups in total. The van der Waals surface area contributed by atoms with E-state index in [0.717, 1.165) is 0 Å². The lowest BCUT2D eigenvalue weighted by atomic mass is 9.90. The number of hydrogen-bond donors (Lipinski definition) is 1. The second-order valence-corrected chi connectivity index (χ2v) is 7.71. The number of ether oxygens (including phenoxy) is 3. The minimum absolute atomic E-state index is 0.0256. The first-order chi connectivity index (χ1) is 12.4. The summed E-state index contributed by atoms with van der Waals surface area (Å²) >= 11 is 0. The van der Waals surface area contributed by atoms with Crippen LogP contribution in [0.2, 0.25) is 0 Å². The van der Waals surface area contributed by atoms with Gasteiger partial charge in [-0.15, -0.1) is 0 Å². The van der Waals surface area contributed by atoms with Crippen molar-refractivity contribution in [3.05, 3.63) is 0 Å². The van der Waals surface area contributed by atoms with E-state index in [-0.39, 0.29) is 25.6 Å². The fourth-order valence-corrected chi connectivity index (χ4v) is 2.47. The van der Waals surface area contributed by atoms with Gasteiger partial charge in [-0.3, -0.25) is 4.79 Å². The first kappa shape index (κ1) is 22.7. The monoisotopic (exact) mass is 386 g/mol. The molecule has 1 amide bonds. The number of nitrogens with one attached hydrogen (secondary N) is 1. The van der Waals surface area contributed by atoms with Crippen molar-refractivity contribution in [3.63, 3.8) is 0 Å². The van der Waals surface area contributed by atoms with Crippen LogP contribution in [0.1, 0.15) is 54.9 Å². The van der Waals surface area contributed by atoms with Crippen LogP contribution in [-0.4, -0.2) is 54.2 Å². The molecule has 0 aliphatic carbocycles. The Balaban J connectivity index is 2.95. The summed E-state index contributed by atoms with van der Waals surface area (Å²) in [5.41, 5.74) is -1.76. The van der Waals surface area contributed by atoms with Crippen LogP contribution in [-0.2, 0) is 28.6 Å². The van der Waals surface area contributed by atoms with Gasteiger partial charge in [-0.1, -0.05) is 19.0 Å². The number of carbonyl (C=O) groups excluding carboxylic acids is 3. The fourth-order valence-electron chi connectivity index (χ4n) is 2.47. The Bertz CT molecular complexity index is 595. The predicted octanol–water partition coefficient (Wildman–Crippen LogP) is 2.18. The molecular weight excluding hydrogens is 356 g/mol. The third-order valence-corrected chi connectivity index (χ3v) is 3.66. The van der Waals surface area contributed by atoms with Crippen LogP contribution in [0.4, 0.5) is 4.79 Å². The highest BCUT2D eigenvalue weighted by atomic mass is 16.7. The lowest BCUT2D eigenvalue weighted by Gasteiger charge is -2.27. The molecule has 0 saturated heterocycles. The molecule has 0 saturated carbocycles. The van der Waals surface area contributed by atoms with Gasteiger partial charge in [-0.25, -0.2) is 9.59 Å². The van der Waals surface area contributed by atoms with Crippen LogP contribution in [0.5, 0.6) is 0 Å². The molecule has 0 aromatic carbocycles. The maximum atomic E-state index is 12.4. The Morgan fingerprint density at radius 2 is 1.89 bits per heavy atom. The lowest BCUT2D eigenvalue weighted by Crippen LogP contribution is -2.50. The van der Waals surface area contributed by atoms with Gasteiger partial charge in [0, 0.05) is 13.3 Å². The molecular formula is C18H30N2O7. The summed E-state index contributed by atoms with van der Waals surface area (Å²) in [6, 6.07) is -0.520. The Kier molecular flexibility index (Phi) is 7.62. The van der Waals surface area contributed by atoms with Crippen LogP contribution in [0, 0.1) is 5.92 Å². The van der Waals surface area contributed by atoms with E-state index in [4.69, 9.17) is 19.0 Å². The van der Waals surface area contributed by atoms with Gasteiger partial charge >= 0.3 is 18.0 Å². The Hall–Kier alpha value is -2.32. The molecule has 1 heterocycles. The van der Waals surface area contributed by atoms with Gasteiger partial charge in [0.1, 0.15) is 12.2 Å². The second-order valence-electron chi connectivity index (χ2n) is 7.71. The highest BCUT2D eigenvalue weighted by Crippen LogP contribution is 2.29. The molecule has 1 aliphatic rings. The summed E-state index contributed by atoms with van der Waals surface area (Å²) in [5.74, 6) is -1.28. The Labute approximate surface area is 159 Å². The van der Waals surface area contributed by atoms with Crippen molar-refractivity contribution in [1.29, 1.82) is 0 Å². The standard InChI is InChI=1S/C18H30N2O7/c1-8-24-15(22)18(10-25-12(4)21)9-13(20-27-18)14(11(2)3)19-16(23)26-17(5,6)7/h11,14H,8-10H2,1-7H3,(H,19,23)/t14-,18?/m0/s1. The molecule has 2 atom stereocenters. The van der Waals surface area contributed by atoms with E-state index >= 15 is 0 Å². The number of hydrogen-bond acceptors (Lipinski definition) is 8. The van der Waals surface area contributed by atoms with Crippen molar-refractivity contribution >= 4 is 23.7 Å². The van der Waals surface area contributed by atoms with Crippen LogP contribution < -0.4 is 5.32 Å². The minimum Gasteiger partial charge on any atom is -0.463 e. The summed E-state index contributed by atoms with van der Waals surface area (Å²) in [7, 11) is 0. The fraction of sp³-hybridized carbons (Fsp3) is 0.778. The van der Waals surface area contributed by atoms with Crippen LogP contribution in [0.15, 0.2) is 5.16 Å². The zero-order valence-electron chi connectivity index (χ0n) is 17.1. The van der Waals surface area contributed by atoms with Gasteiger partial charge in [-0.2, -0.15) is 0 Å². The molecule has 9 nitrogen and oxygen atoms in total. The quantitative estimate of drug-likeness (QED) is 0.527. The van der Waals surface area contributed by atoms with Crippen LogP contribution in [0.3, 0.4) is 0 Å². The highest BCUT2D eigenvalue weighted by molar-refractivity contribution is 5.98. The molecule has 1 unspecified atom stereocenters. The smallest absolute Gasteiger partial charge is 0.408 e. The number of alkyl carbamates (subject to hydrolysis) is 1. The molecule has 27 heavy (non-hydrogen) atoms. The summed E-state index contributed by atoms with van der Waals surface area (Å²) in [6.45, 7) is 11.8. The molecule has 9 heteroatoms. The van der Waals surface area contributed by atoms with Crippen molar-refractivity contribution in [2.45, 2.75) is 72.1 Å². The number of amides is 1. The van der Waals surface area contributed by atoms with Crippen molar-refractivity contribution in [2.75, 3.05) is 13.2 Å². The molecule has 0 fully saturated rings. The number of esters is 2. The molecule has 1 rings (SSSR count). The van der Waals surface area contributed by atoms with E-state index in [2.05, 4.69) is 10.5 Å². The zero-order chi connectivity index (χ0) is 20.8. The Morgan fingerprint density at radius 3 is 2.37 bits per heavy atom. The highest BCUT2D eigenvalue weighted by Gasteiger charge is 2.51. The SMILES string of the molecule is CCOC(=O)C1(COC(C)=O)CC([C@@H](NC(=O)OC(C)(C)C)C(C)C)=NO1. The van der Waals surface area contributed by atoms with E-state index in [1.807, 2.05) is 13.8 Å². The third kappa shape index (κ3) is 6.73. The van der Waals surface area contributed by atoms with Gasteiger partial charge in [-0.05, 0) is 33.6 Å². The predicted molar refractivity (Wildman–Crippen MR) is 97.1 cm³/mol. The van der Waals surface area contributed by atoms with E-state index in [9.17, 15) is 14.4 Å².